The minimum absolute atomic E-state index is 0.262. The fourth-order valence-corrected chi connectivity index (χ4v) is 0.897. The molecule has 1 atom stereocenters. The van der Waals surface area contributed by atoms with Gasteiger partial charge in [0, 0.05) is 19.0 Å². The van der Waals surface area contributed by atoms with Crippen molar-refractivity contribution < 1.29 is 9.84 Å². The highest BCUT2D eigenvalue weighted by Crippen LogP contribution is 2.05. The minimum Gasteiger partial charge on any atom is -0.383 e. The van der Waals surface area contributed by atoms with Crippen molar-refractivity contribution in [3.05, 3.63) is 24.3 Å². The van der Waals surface area contributed by atoms with Gasteiger partial charge in [0.2, 0.25) is 0 Å². The molecule has 4 nitrogen and oxygen atoms in total. The van der Waals surface area contributed by atoms with Crippen LogP contribution in [0.1, 0.15) is 25.3 Å². The number of aliphatic hydroxyl groups is 1. The summed E-state index contributed by atoms with van der Waals surface area (Å²) in [5.41, 5.74) is 0. The van der Waals surface area contributed by atoms with E-state index in [1.54, 1.807) is 18.5 Å². The average molecular weight is 182 g/mol. The largest absolute Gasteiger partial charge is 0.383 e. The SMILES string of the molecule is CCCOCC(O)c1ncccn1. The molecule has 0 aliphatic heterocycles. The molecule has 0 bridgehead atoms. The first-order valence-electron chi connectivity index (χ1n) is 4.37. The topological polar surface area (TPSA) is 55.2 Å². The Balaban J connectivity index is 2.35. The molecule has 0 saturated carbocycles. The van der Waals surface area contributed by atoms with E-state index in [4.69, 9.17) is 4.74 Å². The zero-order valence-corrected chi connectivity index (χ0v) is 7.68. The Bertz CT molecular complexity index is 228. The van der Waals surface area contributed by atoms with Crippen molar-refractivity contribution in [3.63, 3.8) is 0 Å². The molecule has 0 saturated heterocycles. The Morgan fingerprint density at radius 1 is 1.46 bits per heavy atom. The summed E-state index contributed by atoms with van der Waals surface area (Å²) < 4.78 is 5.17. The Morgan fingerprint density at radius 3 is 2.77 bits per heavy atom. The third kappa shape index (κ3) is 3.48. The molecule has 1 aromatic rings. The lowest BCUT2D eigenvalue weighted by molar-refractivity contribution is 0.0319. The molecule has 1 rings (SSSR count). The summed E-state index contributed by atoms with van der Waals surface area (Å²) in [5, 5.41) is 9.50. The predicted molar refractivity (Wildman–Crippen MR) is 48.1 cm³/mol. The fourth-order valence-electron chi connectivity index (χ4n) is 0.897. The van der Waals surface area contributed by atoms with Crippen molar-refractivity contribution in [2.75, 3.05) is 13.2 Å². The van der Waals surface area contributed by atoms with Crippen LogP contribution in [-0.4, -0.2) is 28.3 Å². The lowest BCUT2D eigenvalue weighted by Crippen LogP contribution is -2.10. The normalized spacial score (nSPS) is 12.8. The molecule has 1 heterocycles. The van der Waals surface area contributed by atoms with Gasteiger partial charge in [0.1, 0.15) is 6.10 Å². The van der Waals surface area contributed by atoms with E-state index in [9.17, 15) is 5.11 Å². The maximum absolute atomic E-state index is 9.50. The molecule has 4 heteroatoms. The molecule has 0 amide bonds. The van der Waals surface area contributed by atoms with Crippen molar-refractivity contribution in [3.8, 4) is 0 Å². The summed E-state index contributed by atoms with van der Waals surface area (Å²) in [4.78, 5) is 7.83. The monoisotopic (exact) mass is 182 g/mol. The van der Waals surface area contributed by atoms with Crippen LogP contribution in [0.3, 0.4) is 0 Å². The number of hydrogen-bond donors (Lipinski definition) is 1. The van der Waals surface area contributed by atoms with Crippen LogP contribution in [0.15, 0.2) is 18.5 Å². The maximum atomic E-state index is 9.50. The van der Waals surface area contributed by atoms with E-state index < -0.39 is 6.10 Å². The Morgan fingerprint density at radius 2 is 2.15 bits per heavy atom. The predicted octanol–water partition coefficient (Wildman–Crippen LogP) is 0.937. The summed E-state index contributed by atoms with van der Waals surface area (Å²) >= 11 is 0. The van der Waals surface area contributed by atoms with Gasteiger partial charge in [-0.25, -0.2) is 9.97 Å². The number of hydrogen-bond acceptors (Lipinski definition) is 4. The van der Waals surface area contributed by atoms with Gasteiger partial charge >= 0.3 is 0 Å². The van der Waals surface area contributed by atoms with Crippen molar-refractivity contribution >= 4 is 0 Å². The molecule has 0 aliphatic carbocycles. The molecule has 0 fully saturated rings. The van der Waals surface area contributed by atoms with Gasteiger partial charge in [-0.15, -0.1) is 0 Å². The third-order valence-corrected chi connectivity index (χ3v) is 1.51. The van der Waals surface area contributed by atoms with Crippen LogP contribution in [0.5, 0.6) is 0 Å². The molecule has 0 spiro atoms. The molecule has 0 aromatic carbocycles. The molecule has 13 heavy (non-hydrogen) atoms. The van der Waals surface area contributed by atoms with E-state index >= 15 is 0 Å². The van der Waals surface area contributed by atoms with Gasteiger partial charge in [-0.05, 0) is 12.5 Å². The second-order valence-electron chi connectivity index (χ2n) is 2.70. The molecule has 1 aromatic heterocycles. The highest BCUT2D eigenvalue weighted by molar-refractivity contribution is 4.92. The Kier molecular flexibility index (Phi) is 4.35. The van der Waals surface area contributed by atoms with Crippen LogP contribution in [0, 0.1) is 0 Å². The molecule has 0 aliphatic rings. The summed E-state index contributed by atoms with van der Waals surface area (Å²) in [7, 11) is 0. The van der Waals surface area contributed by atoms with Gasteiger partial charge in [-0.2, -0.15) is 0 Å². The number of aromatic nitrogens is 2. The summed E-state index contributed by atoms with van der Waals surface area (Å²) in [5.74, 6) is 0.415. The smallest absolute Gasteiger partial charge is 0.159 e. The molecule has 72 valence electrons. The number of ether oxygens (including phenoxy) is 1. The molecule has 0 radical (unpaired) electrons. The third-order valence-electron chi connectivity index (χ3n) is 1.51. The van der Waals surface area contributed by atoms with Gasteiger partial charge in [0.15, 0.2) is 5.82 Å². The van der Waals surface area contributed by atoms with E-state index in [2.05, 4.69) is 9.97 Å². The number of nitrogens with zero attached hydrogens (tertiary/aromatic N) is 2. The maximum Gasteiger partial charge on any atom is 0.159 e. The van der Waals surface area contributed by atoms with E-state index in [0.29, 0.717) is 12.4 Å². The van der Waals surface area contributed by atoms with E-state index in [-0.39, 0.29) is 6.61 Å². The first-order chi connectivity index (χ1) is 6.34. The lowest BCUT2D eigenvalue weighted by Gasteiger charge is -2.08. The quantitative estimate of drug-likeness (QED) is 0.688. The lowest BCUT2D eigenvalue weighted by atomic mass is 10.3. The van der Waals surface area contributed by atoms with Gasteiger partial charge in [-0.1, -0.05) is 6.92 Å². The van der Waals surface area contributed by atoms with Crippen LogP contribution >= 0.6 is 0 Å². The highest BCUT2D eigenvalue weighted by Gasteiger charge is 2.08. The van der Waals surface area contributed by atoms with E-state index in [1.807, 2.05) is 6.92 Å². The van der Waals surface area contributed by atoms with E-state index in [1.165, 1.54) is 0 Å². The van der Waals surface area contributed by atoms with Gasteiger partial charge in [-0.3, -0.25) is 0 Å². The highest BCUT2D eigenvalue weighted by atomic mass is 16.5. The standard InChI is InChI=1S/C9H14N2O2/c1-2-6-13-7-8(12)9-10-4-3-5-11-9/h3-5,8,12H,2,6-7H2,1H3. The average Bonchev–Trinajstić information content (AvgIpc) is 2.19. The first-order valence-corrected chi connectivity index (χ1v) is 4.37. The van der Waals surface area contributed by atoms with Gasteiger partial charge < -0.3 is 9.84 Å². The fraction of sp³-hybridized carbons (Fsp3) is 0.556. The molecular weight excluding hydrogens is 168 g/mol. The summed E-state index contributed by atoms with van der Waals surface area (Å²) in [6.45, 7) is 2.94. The van der Waals surface area contributed by atoms with Crippen molar-refractivity contribution in [2.45, 2.75) is 19.4 Å². The first kappa shape index (κ1) is 10.1. The van der Waals surface area contributed by atoms with Crippen LogP contribution in [-0.2, 0) is 4.74 Å². The van der Waals surface area contributed by atoms with Crippen LogP contribution in [0.2, 0.25) is 0 Å². The second-order valence-corrected chi connectivity index (χ2v) is 2.70. The molecule has 1 unspecified atom stereocenters. The number of rotatable bonds is 5. The minimum atomic E-state index is -0.715. The summed E-state index contributed by atoms with van der Waals surface area (Å²) in [6, 6.07) is 1.71. The van der Waals surface area contributed by atoms with Gasteiger partial charge in [0.05, 0.1) is 6.61 Å². The van der Waals surface area contributed by atoms with Crippen molar-refractivity contribution in [1.82, 2.24) is 9.97 Å². The Labute approximate surface area is 77.6 Å². The van der Waals surface area contributed by atoms with Crippen LogP contribution in [0.25, 0.3) is 0 Å². The Hall–Kier alpha value is -1.00. The van der Waals surface area contributed by atoms with Crippen LogP contribution < -0.4 is 0 Å². The van der Waals surface area contributed by atoms with Gasteiger partial charge in [0.25, 0.3) is 0 Å². The molecule has 1 N–H and O–H groups in total. The zero-order chi connectivity index (χ0) is 9.52. The second kappa shape index (κ2) is 5.61. The molecular formula is C9H14N2O2. The van der Waals surface area contributed by atoms with Crippen molar-refractivity contribution in [1.29, 1.82) is 0 Å². The zero-order valence-electron chi connectivity index (χ0n) is 7.68. The summed E-state index contributed by atoms with van der Waals surface area (Å²) in [6.07, 6.45) is 3.44. The number of aliphatic hydroxyl groups excluding tert-OH is 1. The van der Waals surface area contributed by atoms with Crippen molar-refractivity contribution in [2.24, 2.45) is 0 Å². The van der Waals surface area contributed by atoms with E-state index in [0.717, 1.165) is 6.42 Å². The van der Waals surface area contributed by atoms with Crippen LogP contribution in [0.4, 0.5) is 0 Å².